The minimum Gasteiger partial charge on any atom is -0.396 e. The largest absolute Gasteiger partial charge is 0.396 e. The molecule has 4 N–H and O–H groups in total. The van der Waals surface area contributed by atoms with Crippen molar-refractivity contribution >= 4 is 5.82 Å². The summed E-state index contributed by atoms with van der Waals surface area (Å²) in [6.07, 6.45) is 2.36. The second-order valence-electron chi connectivity index (χ2n) is 3.37. The molecule has 0 bridgehead atoms. The van der Waals surface area contributed by atoms with Gasteiger partial charge in [-0.2, -0.15) is 5.10 Å². The van der Waals surface area contributed by atoms with Crippen molar-refractivity contribution in [2.24, 2.45) is 0 Å². The fraction of sp³-hybridized carbons (Fsp3) is 0.182. The van der Waals surface area contributed by atoms with Crippen LogP contribution in [0.15, 0.2) is 30.5 Å². The summed E-state index contributed by atoms with van der Waals surface area (Å²) in [6, 6.07) is 7.92. The highest BCUT2D eigenvalue weighted by molar-refractivity contribution is 5.73. The summed E-state index contributed by atoms with van der Waals surface area (Å²) in [5, 5.41) is 15.4. The minimum atomic E-state index is 0.157. The molecule has 2 aromatic rings. The first-order chi connectivity index (χ1) is 7.31. The maximum atomic E-state index is 8.85. The highest BCUT2D eigenvalue weighted by atomic mass is 16.2. The molecule has 0 aliphatic heterocycles. The monoisotopic (exact) mass is 203 g/mol. The Hall–Kier alpha value is -1.81. The number of nitrogens with two attached hydrogens (primary N) is 1. The molecule has 0 aliphatic rings. The van der Waals surface area contributed by atoms with Crippen LogP contribution in [0.25, 0.3) is 11.1 Å². The molecule has 78 valence electrons. The summed E-state index contributed by atoms with van der Waals surface area (Å²) < 4.78 is 0. The van der Waals surface area contributed by atoms with Gasteiger partial charge in [-0.3, -0.25) is 5.10 Å². The van der Waals surface area contributed by atoms with E-state index in [9.17, 15) is 0 Å². The Balaban J connectivity index is 2.37. The molecule has 2 rings (SSSR count). The predicted octanol–water partition coefficient (Wildman–Crippen LogP) is 1.19. The maximum Gasteiger partial charge on any atom is 0.126 e. The number of nitrogens with zero attached hydrogens (tertiary/aromatic N) is 1. The zero-order valence-electron chi connectivity index (χ0n) is 8.27. The number of rotatable bonds is 3. The first kappa shape index (κ1) is 9.73. The van der Waals surface area contributed by atoms with Crippen molar-refractivity contribution in [2.75, 3.05) is 12.3 Å². The summed E-state index contributed by atoms with van der Waals surface area (Å²) in [5.74, 6) is 0.566. The van der Waals surface area contributed by atoms with Gasteiger partial charge in [0.05, 0.1) is 6.20 Å². The second-order valence-corrected chi connectivity index (χ2v) is 3.37. The zero-order valence-corrected chi connectivity index (χ0v) is 8.27. The summed E-state index contributed by atoms with van der Waals surface area (Å²) in [7, 11) is 0. The fourth-order valence-electron chi connectivity index (χ4n) is 1.55. The Morgan fingerprint density at radius 2 is 2.27 bits per heavy atom. The number of aliphatic hydroxyl groups excluding tert-OH is 1. The molecule has 0 saturated heterocycles. The van der Waals surface area contributed by atoms with Crippen molar-refractivity contribution < 1.29 is 5.11 Å². The van der Waals surface area contributed by atoms with Gasteiger partial charge in [-0.05, 0) is 17.5 Å². The topological polar surface area (TPSA) is 74.9 Å². The molecule has 1 heterocycles. The lowest BCUT2D eigenvalue weighted by Crippen LogP contribution is -1.92. The van der Waals surface area contributed by atoms with E-state index < -0.39 is 0 Å². The third-order valence-corrected chi connectivity index (χ3v) is 2.31. The Labute approximate surface area is 87.7 Å². The average Bonchev–Trinajstić information content (AvgIpc) is 2.65. The number of hydrogen-bond acceptors (Lipinski definition) is 3. The van der Waals surface area contributed by atoms with Crippen molar-refractivity contribution in [2.45, 2.75) is 6.42 Å². The van der Waals surface area contributed by atoms with Gasteiger partial charge in [-0.15, -0.1) is 0 Å². The van der Waals surface area contributed by atoms with Gasteiger partial charge in [0.25, 0.3) is 0 Å². The number of aliphatic hydroxyl groups is 1. The maximum absolute atomic E-state index is 8.85. The van der Waals surface area contributed by atoms with Gasteiger partial charge >= 0.3 is 0 Å². The van der Waals surface area contributed by atoms with E-state index in [0.29, 0.717) is 12.2 Å². The van der Waals surface area contributed by atoms with Crippen molar-refractivity contribution in [1.29, 1.82) is 0 Å². The molecule has 0 unspecified atom stereocenters. The molecule has 1 aromatic carbocycles. The lowest BCUT2D eigenvalue weighted by Gasteiger charge is -2.02. The van der Waals surface area contributed by atoms with Crippen molar-refractivity contribution in [3.63, 3.8) is 0 Å². The second kappa shape index (κ2) is 4.14. The number of H-pyrrole nitrogens is 1. The first-order valence-electron chi connectivity index (χ1n) is 4.80. The lowest BCUT2D eigenvalue weighted by molar-refractivity contribution is 0.299. The van der Waals surface area contributed by atoms with Gasteiger partial charge in [0, 0.05) is 12.2 Å². The van der Waals surface area contributed by atoms with E-state index in [0.717, 1.165) is 16.7 Å². The molecule has 4 nitrogen and oxygen atoms in total. The van der Waals surface area contributed by atoms with Crippen LogP contribution < -0.4 is 5.73 Å². The molecule has 0 fully saturated rings. The van der Waals surface area contributed by atoms with Crippen molar-refractivity contribution in [3.8, 4) is 11.1 Å². The average molecular weight is 203 g/mol. The molecule has 1 aromatic heterocycles. The molecular weight excluding hydrogens is 190 g/mol. The van der Waals surface area contributed by atoms with E-state index in [1.165, 1.54) is 0 Å². The number of anilines is 1. The van der Waals surface area contributed by atoms with Gasteiger partial charge in [-0.1, -0.05) is 24.3 Å². The third-order valence-electron chi connectivity index (χ3n) is 2.31. The molecule has 4 heteroatoms. The number of benzene rings is 1. The van der Waals surface area contributed by atoms with Gasteiger partial charge < -0.3 is 10.8 Å². The Kier molecular flexibility index (Phi) is 2.69. The molecule has 0 amide bonds. The van der Waals surface area contributed by atoms with Crippen molar-refractivity contribution in [3.05, 3.63) is 36.0 Å². The quantitative estimate of drug-likeness (QED) is 0.701. The van der Waals surface area contributed by atoms with E-state index in [4.69, 9.17) is 10.8 Å². The summed E-state index contributed by atoms with van der Waals surface area (Å²) >= 11 is 0. The lowest BCUT2D eigenvalue weighted by atomic mass is 10.0. The summed E-state index contributed by atoms with van der Waals surface area (Å²) in [6.45, 7) is 0.157. The van der Waals surface area contributed by atoms with Crippen LogP contribution in [0.5, 0.6) is 0 Å². The Morgan fingerprint density at radius 1 is 1.40 bits per heavy atom. The first-order valence-corrected chi connectivity index (χ1v) is 4.80. The van der Waals surface area contributed by atoms with Gasteiger partial charge in [-0.25, -0.2) is 0 Å². The predicted molar refractivity (Wildman–Crippen MR) is 59.2 cm³/mol. The van der Waals surface area contributed by atoms with Gasteiger partial charge in [0.15, 0.2) is 0 Å². The third kappa shape index (κ3) is 1.99. The zero-order chi connectivity index (χ0) is 10.7. The Morgan fingerprint density at radius 3 is 2.93 bits per heavy atom. The summed E-state index contributed by atoms with van der Waals surface area (Å²) in [4.78, 5) is 0. The van der Waals surface area contributed by atoms with Crippen LogP contribution in [0.1, 0.15) is 5.56 Å². The van der Waals surface area contributed by atoms with Crippen LogP contribution in [0.2, 0.25) is 0 Å². The molecule has 0 saturated carbocycles. The fourth-order valence-corrected chi connectivity index (χ4v) is 1.55. The molecule has 15 heavy (non-hydrogen) atoms. The van der Waals surface area contributed by atoms with E-state index in [1.54, 1.807) is 6.20 Å². The van der Waals surface area contributed by atoms with Gasteiger partial charge in [0.2, 0.25) is 0 Å². The van der Waals surface area contributed by atoms with Crippen molar-refractivity contribution in [1.82, 2.24) is 10.2 Å². The Bertz CT molecular complexity index is 451. The van der Waals surface area contributed by atoms with Gasteiger partial charge in [0.1, 0.15) is 5.82 Å². The molecule has 0 aliphatic carbocycles. The molecule has 0 atom stereocenters. The number of hydrogen-bond donors (Lipinski definition) is 3. The number of aromatic nitrogens is 2. The number of nitrogens with one attached hydrogen (secondary N) is 1. The number of aromatic amines is 1. The molecule has 0 spiro atoms. The highest BCUT2D eigenvalue weighted by Gasteiger charge is 2.04. The SMILES string of the molecule is Nc1[nH]ncc1-c1cccc(CCO)c1. The van der Waals surface area contributed by atoms with Crippen LogP contribution in [0, 0.1) is 0 Å². The standard InChI is InChI=1S/C11H13N3O/c12-11-10(7-13-14-11)9-3-1-2-8(6-9)4-5-15/h1-3,6-7,15H,4-5H2,(H3,12,13,14). The molecular formula is C11H13N3O. The van der Waals surface area contributed by atoms with Crippen LogP contribution in [-0.4, -0.2) is 21.9 Å². The summed E-state index contributed by atoms with van der Waals surface area (Å²) in [5.41, 5.74) is 8.74. The smallest absolute Gasteiger partial charge is 0.126 e. The van der Waals surface area contributed by atoms with E-state index in [-0.39, 0.29) is 6.61 Å². The molecule has 0 radical (unpaired) electrons. The normalized spacial score (nSPS) is 10.5. The van der Waals surface area contributed by atoms with E-state index in [2.05, 4.69) is 10.2 Å². The van der Waals surface area contributed by atoms with Crippen LogP contribution in [0.4, 0.5) is 5.82 Å². The number of nitrogen functional groups attached to an aromatic ring is 1. The van der Waals surface area contributed by atoms with Crippen LogP contribution in [0.3, 0.4) is 0 Å². The van der Waals surface area contributed by atoms with Crippen LogP contribution in [-0.2, 0) is 6.42 Å². The van der Waals surface area contributed by atoms with E-state index in [1.807, 2.05) is 24.3 Å². The van der Waals surface area contributed by atoms with E-state index >= 15 is 0 Å². The minimum absolute atomic E-state index is 0.157. The van der Waals surface area contributed by atoms with Crippen LogP contribution >= 0.6 is 0 Å². The highest BCUT2D eigenvalue weighted by Crippen LogP contribution is 2.24.